The third kappa shape index (κ3) is 3.54. The maximum Gasteiger partial charge on any atom is 0.326 e. The van der Waals surface area contributed by atoms with Crippen LogP contribution in [0.2, 0.25) is 0 Å². The van der Waals surface area contributed by atoms with E-state index in [1.165, 1.54) is 11.2 Å². The van der Waals surface area contributed by atoms with E-state index in [4.69, 9.17) is 16.6 Å². The number of carboxylic acids is 1. The summed E-state index contributed by atoms with van der Waals surface area (Å²) in [5.41, 5.74) is 0. The fraction of sp³-hybridized carbons (Fsp3) is 0.357. The summed E-state index contributed by atoms with van der Waals surface area (Å²) in [5.74, 6) is -0.746. The van der Waals surface area contributed by atoms with Crippen LogP contribution >= 0.6 is 24.0 Å². The number of carbonyl (C=O) groups excluding carboxylic acids is 1. The maximum atomic E-state index is 12.4. The summed E-state index contributed by atoms with van der Waals surface area (Å²) in [7, 11) is 0. The van der Waals surface area contributed by atoms with Gasteiger partial charge in [-0.2, -0.15) is 0 Å². The summed E-state index contributed by atoms with van der Waals surface area (Å²) in [4.78, 5) is 25.4. The van der Waals surface area contributed by atoms with Gasteiger partial charge in [-0.15, -0.1) is 0 Å². The molecule has 0 spiro atoms. The molecular weight excluding hydrogens is 310 g/mol. The van der Waals surface area contributed by atoms with E-state index in [0.29, 0.717) is 17.1 Å². The fourth-order valence-corrected chi connectivity index (χ4v) is 3.35. The van der Waals surface area contributed by atoms with Crippen molar-refractivity contribution in [1.29, 1.82) is 0 Å². The Hall–Kier alpha value is -1.60. The molecule has 1 fully saturated rings. The molecule has 1 aliphatic rings. The van der Waals surface area contributed by atoms with E-state index in [9.17, 15) is 14.7 Å². The molecule has 1 aliphatic heterocycles. The summed E-state index contributed by atoms with van der Waals surface area (Å²) in [6.45, 7) is 3.82. The van der Waals surface area contributed by atoms with Gasteiger partial charge >= 0.3 is 5.97 Å². The van der Waals surface area contributed by atoms with Crippen LogP contribution in [0.15, 0.2) is 27.7 Å². The van der Waals surface area contributed by atoms with E-state index in [-0.39, 0.29) is 16.1 Å². The number of carbonyl (C=O) groups is 2. The molecule has 7 heteroatoms. The Balaban J connectivity index is 2.27. The summed E-state index contributed by atoms with van der Waals surface area (Å²) in [6, 6.07) is 2.50. The van der Waals surface area contributed by atoms with E-state index in [0.717, 1.165) is 11.8 Å². The zero-order valence-electron chi connectivity index (χ0n) is 11.6. The highest BCUT2D eigenvalue weighted by atomic mass is 32.2. The first kappa shape index (κ1) is 15.8. The number of hydrogen-bond donors (Lipinski definition) is 1. The van der Waals surface area contributed by atoms with Crippen LogP contribution in [0.25, 0.3) is 6.08 Å². The molecule has 2 rings (SSSR count). The molecule has 112 valence electrons. The third-order valence-corrected chi connectivity index (χ3v) is 4.26. The Labute approximate surface area is 132 Å². The number of amides is 1. The van der Waals surface area contributed by atoms with E-state index >= 15 is 0 Å². The van der Waals surface area contributed by atoms with Crippen molar-refractivity contribution < 1.29 is 19.1 Å². The molecule has 1 N–H and O–H groups in total. The second-order valence-electron chi connectivity index (χ2n) is 5.05. The average Bonchev–Trinajstić information content (AvgIpc) is 2.97. The highest BCUT2D eigenvalue weighted by molar-refractivity contribution is 8.26. The maximum absolute atomic E-state index is 12.4. The lowest BCUT2D eigenvalue weighted by Gasteiger charge is -2.24. The van der Waals surface area contributed by atoms with Gasteiger partial charge in [0.1, 0.15) is 16.1 Å². The zero-order valence-corrected chi connectivity index (χ0v) is 13.2. The SMILES string of the molecule is CC(C)C[C@@H](C(=O)O)N1C(=O)/C(=C\c2ccco2)SC1=S. The van der Waals surface area contributed by atoms with Gasteiger partial charge in [0.15, 0.2) is 0 Å². The summed E-state index contributed by atoms with van der Waals surface area (Å²) in [6.07, 6.45) is 3.44. The van der Waals surface area contributed by atoms with Crippen molar-refractivity contribution in [3.05, 3.63) is 29.1 Å². The van der Waals surface area contributed by atoms with E-state index in [1.807, 2.05) is 13.8 Å². The lowest BCUT2D eigenvalue weighted by atomic mass is 10.0. The highest BCUT2D eigenvalue weighted by Crippen LogP contribution is 2.35. The topological polar surface area (TPSA) is 70.8 Å². The molecule has 1 aromatic rings. The van der Waals surface area contributed by atoms with Gasteiger partial charge in [-0.25, -0.2) is 4.79 Å². The molecule has 0 radical (unpaired) electrons. The van der Waals surface area contributed by atoms with Crippen molar-refractivity contribution >= 4 is 46.3 Å². The van der Waals surface area contributed by atoms with Crippen LogP contribution in [0.3, 0.4) is 0 Å². The molecule has 21 heavy (non-hydrogen) atoms. The second kappa shape index (κ2) is 6.44. The summed E-state index contributed by atoms with van der Waals surface area (Å²) >= 11 is 6.27. The fourth-order valence-electron chi connectivity index (χ4n) is 2.01. The standard InChI is InChI=1S/C14H15NO4S2/c1-8(2)6-10(13(17)18)15-12(16)11(21-14(15)20)7-9-4-3-5-19-9/h3-5,7-8,10H,6H2,1-2H3,(H,17,18)/b11-7+/t10-/m0/s1. The second-order valence-corrected chi connectivity index (χ2v) is 6.73. The molecule has 1 amide bonds. The van der Waals surface area contributed by atoms with Gasteiger partial charge in [-0.3, -0.25) is 9.69 Å². The van der Waals surface area contributed by atoms with Crippen molar-refractivity contribution in [2.45, 2.75) is 26.3 Å². The van der Waals surface area contributed by atoms with Crippen LogP contribution in [0, 0.1) is 5.92 Å². The molecule has 0 aliphatic carbocycles. The molecule has 1 aromatic heterocycles. The van der Waals surface area contributed by atoms with Gasteiger partial charge < -0.3 is 9.52 Å². The molecule has 5 nitrogen and oxygen atoms in total. The van der Waals surface area contributed by atoms with Crippen LogP contribution < -0.4 is 0 Å². The van der Waals surface area contributed by atoms with Gasteiger partial charge in [0, 0.05) is 6.08 Å². The Morgan fingerprint density at radius 3 is 2.81 bits per heavy atom. The summed E-state index contributed by atoms with van der Waals surface area (Å²) in [5, 5.41) is 9.36. The van der Waals surface area contributed by atoms with Crippen LogP contribution in [-0.2, 0) is 9.59 Å². The Kier molecular flexibility index (Phi) is 4.84. The lowest BCUT2D eigenvalue weighted by molar-refractivity contribution is -0.145. The predicted octanol–water partition coefficient (Wildman–Crippen LogP) is 2.98. The average molecular weight is 325 g/mol. The van der Waals surface area contributed by atoms with Crippen molar-refractivity contribution in [2.75, 3.05) is 0 Å². The number of aliphatic carboxylic acids is 1. The largest absolute Gasteiger partial charge is 0.480 e. The van der Waals surface area contributed by atoms with E-state index < -0.39 is 12.0 Å². The molecular formula is C14H15NO4S2. The third-order valence-electron chi connectivity index (χ3n) is 2.93. The minimum atomic E-state index is -1.04. The highest BCUT2D eigenvalue weighted by Gasteiger charge is 2.40. The van der Waals surface area contributed by atoms with Gasteiger partial charge in [-0.1, -0.05) is 37.8 Å². The molecule has 1 saturated heterocycles. The Morgan fingerprint density at radius 2 is 2.29 bits per heavy atom. The van der Waals surface area contributed by atoms with Crippen LogP contribution in [0.1, 0.15) is 26.0 Å². The summed E-state index contributed by atoms with van der Waals surface area (Å²) < 4.78 is 5.44. The van der Waals surface area contributed by atoms with E-state index in [2.05, 4.69) is 0 Å². The lowest BCUT2D eigenvalue weighted by Crippen LogP contribution is -2.44. The first-order valence-electron chi connectivity index (χ1n) is 6.43. The van der Waals surface area contributed by atoms with E-state index in [1.54, 1.807) is 18.2 Å². The van der Waals surface area contributed by atoms with Crippen LogP contribution in [-0.4, -0.2) is 32.2 Å². The van der Waals surface area contributed by atoms with Crippen molar-refractivity contribution in [3.63, 3.8) is 0 Å². The number of rotatable bonds is 5. The van der Waals surface area contributed by atoms with Gasteiger partial charge in [0.05, 0.1) is 11.2 Å². The number of thioether (sulfide) groups is 1. The number of hydrogen-bond acceptors (Lipinski definition) is 5. The monoisotopic (exact) mass is 325 g/mol. The normalized spacial score (nSPS) is 18.8. The molecule has 0 unspecified atom stereocenters. The number of furan rings is 1. The van der Waals surface area contributed by atoms with Gasteiger partial charge in [0.25, 0.3) is 5.91 Å². The molecule has 1 atom stereocenters. The first-order chi connectivity index (χ1) is 9.90. The quantitative estimate of drug-likeness (QED) is 0.663. The molecule has 2 heterocycles. The minimum Gasteiger partial charge on any atom is -0.480 e. The van der Waals surface area contributed by atoms with Crippen LogP contribution in [0.5, 0.6) is 0 Å². The Bertz CT molecular complexity index is 592. The molecule has 0 bridgehead atoms. The van der Waals surface area contributed by atoms with Gasteiger partial charge in [0.2, 0.25) is 0 Å². The number of thiocarbonyl (C=S) groups is 1. The first-order valence-corrected chi connectivity index (χ1v) is 7.66. The van der Waals surface area contributed by atoms with Crippen LogP contribution in [0.4, 0.5) is 0 Å². The number of nitrogens with zero attached hydrogens (tertiary/aromatic N) is 1. The zero-order chi connectivity index (χ0) is 15.6. The van der Waals surface area contributed by atoms with Crippen molar-refractivity contribution in [2.24, 2.45) is 5.92 Å². The van der Waals surface area contributed by atoms with Crippen molar-refractivity contribution in [1.82, 2.24) is 4.90 Å². The predicted molar refractivity (Wildman–Crippen MR) is 84.6 cm³/mol. The smallest absolute Gasteiger partial charge is 0.326 e. The minimum absolute atomic E-state index is 0.143. The molecule has 0 aromatic carbocycles. The van der Waals surface area contributed by atoms with Crippen molar-refractivity contribution in [3.8, 4) is 0 Å². The van der Waals surface area contributed by atoms with Gasteiger partial charge in [-0.05, 0) is 24.5 Å². The number of carboxylic acid groups (broad SMARTS) is 1. The Morgan fingerprint density at radius 1 is 1.57 bits per heavy atom. The molecule has 0 saturated carbocycles.